The molecule has 0 aromatic rings. The van der Waals surface area contributed by atoms with Crippen LogP contribution in [0.3, 0.4) is 0 Å². The summed E-state index contributed by atoms with van der Waals surface area (Å²) < 4.78 is 0. The van der Waals surface area contributed by atoms with Crippen molar-refractivity contribution < 1.29 is 9.90 Å². The van der Waals surface area contributed by atoms with Crippen molar-refractivity contribution in [2.75, 3.05) is 0 Å². The predicted molar refractivity (Wildman–Crippen MR) is 46.9 cm³/mol. The van der Waals surface area contributed by atoms with Crippen LogP contribution < -0.4 is 5.73 Å². The van der Waals surface area contributed by atoms with Crippen molar-refractivity contribution >= 4 is 17.6 Å². The fraction of sp³-hybridized carbons (Fsp3) is 0.857. The van der Waals surface area contributed by atoms with E-state index >= 15 is 0 Å². The van der Waals surface area contributed by atoms with E-state index in [0.29, 0.717) is 0 Å². The van der Waals surface area contributed by atoms with Gasteiger partial charge in [0.2, 0.25) is 0 Å². The van der Waals surface area contributed by atoms with E-state index in [-0.39, 0.29) is 4.87 Å². The summed E-state index contributed by atoms with van der Waals surface area (Å²) in [6.07, 6.45) is 0. The average Bonchev–Trinajstić information content (AvgIpc) is 1.59. The van der Waals surface area contributed by atoms with E-state index in [0.717, 1.165) is 0 Å². The first kappa shape index (κ1) is 13.3. The molecule has 0 aromatic heterocycles. The first-order valence-corrected chi connectivity index (χ1v) is 3.69. The molecule has 0 unspecified atom stereocenters. The number of alkyl halides is 1. The second-order valence-electron chi connectivity index (χ2n) is 3.19. The van der Waals surface area contributed by atoms with Crippen LogP contribution in [0.4, 0.5) is 0 Å². The normalized spacial score (nSPS) is 12.9. The average molecular weight is 182 g/mol. The van der Waals surface area contributed by atoms with E-state index in [4.69, 9.17) is 22.4 Å². The molecule has 11 heavy (non-hydrogen) atoms. The zero-order valence-electron chi connectivity index (χ0n) is 7.39. The Bertz CT molecular complexity index is 112. The Morgan fingerprint density at radius 1 is 1.55 bits per heavy atom. The molecule has 3 N–H and O–H groups in total. The summed E-state index contributed by atoms with van der Waals surface area (Å²) in [6, 6.07) is -0.731. The molecular formula is C7H16ClNO2. The highest BCUT2D eigenvalue weighted by atomic mass is 35.5. The zero-order chi connectivity index (χ0) is 9.65. The zero-order valence-corrected chi connectivity index (χ0v) is 8.14. The minimum atomic E-state index is -0.963. The predicted octanol–water partition coefficient (Wildman–Crippen LogP) is 1.44. The molecule has 68 valence electrons. The lowest BCUT2D eigenvalue weighted by Gasteiger charge is -2.01. The third-order valence-electron chi connectivity index (χ3n) is 0.390. The summed E-state index contributed by atoms with van der Waals surface area (Å²) in [4.78, 5) is 9.55. The molecular weight excluding hydrogens is 166 g/mol. The molecule has 0 rings (SSSR count). The lowest BCUT2D eigenvalue weighted by Crippen LogP contribution is -2.25. The van der Waals surface area contributed by atoms with Crippen LogP contribution in [0.5, 0.6) is 0 Å². The van der Waals surface area contributed by atoms with Gasteiger partial charge in [0.25, 0.3) is 0 Å². The minimum Gasteiger partial charge on any atom is -0.480 e. The monoisotopic (exact) mass is 181 g/mol. The van der Waals surface area contributed by atoms with E-state index < -0.39 is 12.0 Å². The molecule has 0 saturated carbocycles. The Morgan fingerprint density at radius 2 is 1.64 bits per heavy atom. The first-order chi connectivity index (χ1) is 4.64. The van der Waals surface area contributed by atoms with Crippen LogP contribution in [0.1, 0.15) is 27.7 Å². The van der Waals surface area contributed by atoms with Crippen molar-refractivity contribution in [3.05, 3.63) is 0 Å². The van der Waals surface area contributed by atoms with Crippen LogP contribution in [-0.2, 0) is 4.79 Å². The maximum Gasteiger partial charge on any atom is 0.320 e. The van der Waals surface area contributed by atoms with E-state index in [9.17, 15) is 4.79 Å². The van der Waals surface area contributed by atoms with Gasteiger partial charge in [-0.05, 0) is 27.7 Å². The molecule has 0 spiro atoms. The highest BCUT2D eigenvalue weighted by Crippen LogP contribution is 2.07. The summed E-state index contributed by atoms with van der Waals surface area (Å²) >= 11 is 5.53. The summed E-state index contributed by atoms with van der Waals surface area (Å²) in [5.41, 5.74) is 4.84. The van der Waals surface area contributed by atoms with Crippen LogP contribution in [0.15, 0.2) is 0 Å². The largest absolute Gasteiger partial charge is 0.480 e. The number of carboxylic acids is 1. The van der Waals surface area contributed by atoms with Crippen LogP contribution in [0.25, 0.3) is 0 Å². The number of hydrogen-bond acceptors (Lipinski definition) is 2. The van der Waals surface area contributed by atoms with Crippen molar-refractivity contribution in [1.82, 2.24) is 0 Å². The molecule has 0 aliphatic carbocycles. The van der Waals surface area contributed by atoms with Gasteiger partial charge in [-0.3, -0.25) is 4.79 Å². The lowest BCUT2D eigenvalue weighted by molar-refractivity contribution is -0.138. The van der Waals surface area contributed by atoms with Crippen molar-refractivity contribution in [2.24, 2.45) is 5.73 Å². The fourth-order valence-corrected chi connectivity index (χ4v) is 0. The number of hydrogen-bond donors (Lipinski definition) is 2. The van der Waals surface area contributed by atoms with E-state index in [2.05, 4.69) is 0 Å². The maximum atomic E-state index is 9.57. The highest BCUT2D eigenvalue weighted by Gasteiger charge is 1.99. The molecule has 0 aliphatic heterocycles. The van der Waals surface area contributed by atoms with Gasteiger partial charge in [0.1, 0.15) is 6.04 Å². The number of nitrogens with two attached hydrogens (primary N) is 1. The summed E-state index contributed by atoms with van der Waals surface area (Å²) in [5, 5.41) is 7.87. The molecule has 0 amide bonds. The summed E-state index contributed by atoms with van der Waals surface area (Å²) in [6.45, 7) is 7.28. The molecule has 0 fully saturated rings. The second kappa shape index (κ2) is 5.38. The van der Waals surface area contributed by atoms with Crippen LogP contribution in [0.2, 0.25) is 0 Å². The Morgan fingerprint density at radius 3 is 1.64 bits per heavy atom. The van der Waals surface area contributed by atoms with Gasteiger partial charge in [-0.2, -0.15) is 0 Å². The molecule has 0 heterocycles. The number of carbonyl (C=O) groups is 1. The topological polar surface area (TPSA) is 63.3 Å². The summed E-state index contributed by atoms with van der Waals surface area (Å²) in [7, 11) is 0. The first-order valence-electron chi connectivity index (χ1n) is 3.32. The number of carboxylic acid groups (broad SMARTS) is 1. The highest BCUT2D eigenvalue weighted by molar-refractivity contribution is 6.23. The lowest BCUT2D eigenvalue weighted by atomic mass is 10.3. The van der Waals surface area contributed by atoms with Crippen molar-refractivity contribution in [1.29, 1.82) is 0 Å². The Labute approximate surface area is 72.5 Å². The van der Waals surface area contributed by atoms with Crippen LogP contribution in [-0.4, -0.2) is 22.0 Å². The Kier molecular flexibility index (Phi) is 6.52. The van der Waals surface area contributed by atoms with Crippen molar-refractivity contribution in [3.63, 3.8) is 0 Å². The molecule has 1 atom stereocenters. The smallest absolute Gasteiger partial charge is 0.320 e. The van der Waals surface area contributed by atoms with Gasteiger partial charge in [-0.15, -0.1) is 11.6 Å². The van der Waals surface area contributed by atoms with Gasteiger partial charge in [0, 0.05) is 4.87 Å². The Balaban J connectivity index is 0. The second-order valence-corrected chi connectivity index (χ2v) is 4.33. The van der Waals surface area contributed by atoms with Gasteiger partial charge < -0.3 is 10.8 Å². The van der Waals surface area contributed by atoms with Gasteiger partial charge in [0.05, 0.1) is 0 Å². The van der Waals surface area contributed by atoms with Crippen LogP contribution in [0, 0.1) is 0 Å². The fourth-order valence-electron chi connectivity index (χ4n) is 0. The molecule has 4 heteroatoms. The third kappa shape index (κ3) is 41.9. The van der Waals surface area contributed by atoms with Gasteiger partial charge in [0.15, 0.2) is 0 Å². The third-order valence-corrected chi connectivity index (χ3v) is 0.390. The van der Waals surface area contributed by atoms with Crippen molar-refractivity contribution in [2.45, 2.75) is 38.6 Å². The molecule has 0 aromatic carbocycles. The van der Waals surface area contributed by atoms with E-state index in [1.54, 1.807) is 0 Å². The van der Waals surface area contributed by atoms with Gasteiger partial charge >= 0.3 is 5.97 Å². The molecule has 0 aliphatic rings. The SMILES string of the molecule is CC(C)(C)Cl.C[C@@H](N)C(=O)O. The summed E-state index contributed by atoms with van der Waals surface area (Å²) in [5.74, 6) is -0.963. The Hall–Kier alpha value is -0.280. The molecule has 0 saturated heterocycles. The molecule has 0 bridgehead atoms. The van der Waals surface area contributed by atoms with Gasteiger partial charge in [-0.1, -0.05) is 0 Å². The number of rotatable bonds is 1. The van der Waals surface area contributed by atoms with Gasteiger partial charge in [-0.25, -0.2) is 0 Å². The quantitative estimate of drug-likeness (QED) is 0.602. The molecule has 3 nitrogen and oxygen atoms in total. The molecule has 0 radical (unpaired) electrons. The standard InChI is InChI=1S/C4H9Cl.C3H7NO2/c1-4(2,3)5;1-2(4)3(5)6/h1-3H3;2H,4H2,1H3,(H,5,6)/t;2-/m.1/s1. The maximum absolute atomic E-state index is 9.57. The minimum absolute atomic E-state index is 0.0278. The van der Waals surface area contributed by atoms with Crippen LogP contribution >= 0.6 is 11.6 Å². The van der Waals surface area contributed by atoms with Crippen molar-refractivity contribution in [3.8, 4) is 0 Å². The number of aliphatic carboxylic acids is 1. The van der Waals surface area contributed by atoms with E-state index in [1.807, 2.05) is 20.8 Å². The number of halogens is 1. The van der Waals surface area contributed by atoms with E-state index in [1.165, 1.54) is 6.92 Å².